The van der Waals surface area contributed by atoms with Crippen molar-refractivity contribution in [3.63, 3.8) is 0 Å². The summed E-state index contributed by atoms with van der Waals surface area (Å²) in [7, 11) is 0. The quantitative estimate of drug-likeness (QED) is 0.545. The zero-order valence-electron chi connectivity index (χ0n) is 17.3. The summed E-state index contributed by atoms with van der Waals surface area (Å²) in [5.41, 5.74) is 2.57. The molecule has 3 heterocycles. The molecule has 0 aliphatic carbocycles. The fourth-order valence-corrected chi connectivity index (χ4v) is 3.78. The number of hydrogen-bond donors (Lipinski definition) is 0. The molecule has 1 saturated heterocycles. The molecular weight excluding hydrogens is 384 g/mol. The number of fused-ring (bicyclic) bond motifs is 1. The highest BCUT2D eigenvalue weighted by Crippen LogP contribution is 2.38. The SMILES string of the molecule is CCOC(=O)Oc1oc2cccc(OC3CCN(Cc4cccnc4)CC3)c2c1C. The number of aryl methyl sites for hydroxylation is 1. The normalized spacial score (nSPS) is 15.3. The first-order valence-electron chi connectivity index (χ1n) is 10.3. The molecule has 0 N–H and O–H groups in total. The molecule has 30 heavy (non-hydrogen) atoms. The molecule has 158 valence electrons. The van der Waals surface area contributed by atoms with E-state index < -0.39 is 6.16 Å². The number of benzene rings is 1. The molecule has 0 unspecified atom stereocenters. The van der Waals surface area contributed by atoms with Crippen molar-refractivity contribution >= 4 is 17.1 Å². The summed E-state index contributed by atoms with van der Waals surface area (Å²) in [6.45, 7) is 6.66. The first-order valence-corrected chi connectivity index (χ1v) is 10.3. The Hall–Kier alpha value is -3.06. The molecule has 7 nitrogen and oxygen atoms in total. The monoisotopic (exact) mass is 410 g/mol. The van der Waals surface area contributed by atoms with Gasteiger partial charge in [0.1, 0.15) is 17.4 Å². The average molecular weight is 410 g/mol. The molecule has 0 radical (unpaired) electrons. The van der Waals surface area contributed by atoms with E-state index in [4.69, 9.17) is 18.6 Å². The number of likely N-dealkylation sites (tertiary alicyclic amines) is 1. The van der Waals surface area contributed by atoms with Crippen LogP contribution in [0.3, 0.4) is 0 Å². The van der Waals surface area contributed by atoms with Crippen LogP contribution in [-0.4, -0.2) is 41.8 Å². The van der Waals surface area contributed by atoms with Crippen LogP contribution in [0.2, 0.25) is 0 Å². The number of hydrogen-bond acceptors (Lipinski definition) is 7. The molecule has 0 saturated carbocycles. The van der Waals surface area contributed by atoms with Gasteiger partial charge in [-0.2, -0.15) is 0 Å². The Labute approximate surface area is 175 Å². The molecule has 2 aromatic heterocycles. The van der Waals surface area contributed by atoms with Gasteiger partial charge < -0.3 is 18.6 Å². The van der Waals surface area contributed by atoms with Crippen LogP contribution in [-0.2, 0) is 11.3 Å². The Morgan fingerprint density at radius 1 is 1.23 bits per heavy atom. The van der Waals surface area contributed by atoms with Crippen LogP contribution < -0.4 is 9.47 Å². The van der Waals surface area contributed by atoms with Crippen LogP contribution in [0.4, 0.5) is 4.79 Å². The van der Waals surface area contributed by atoms with Gasteiger partial charge in [0, 0.05) is 37.6 Å². The number of aromatic nitrogens is 1. The number of carbonyl (C=O) groups is 1. The van der Waals surface area contributed by atoms with E-state index in [2.05, 4.69) is 16.0 Å². The van der Waals surface area contributed by atoms with Gasteiger partial charge in [-0.3, -0.25) is 9.88 Å². The number of carbonyl (C=O) groups excluding carboxylic acids is 1. The molecule has 0 atom stereocenters. The topological polar surface area (TPSA) is 74.0 Å². The maximum Gasteiger partial charge on any atom is 0.516 e. The Bertz CT molecular complexity index is 994. The van der Waals surface area contributed by atoms with E-state index in [-0.39, 0.29) is 18.7 Å². The zero-order chi connectivity index (χ0) is 20.9. The summed E-state index contributed by atoms with van der Waals surface area (Å²) in [5, 5.41) is 0.828. The summed E-state index contributed by atoms with van der Waals surface area (Å²) < 4.78 is 22.1. The third-order valence-corrected chi connectivity index (χ3v) is 5.27. The summed E-state index contributed by atoms with van der Waals surface area (Å²) in [5.74, 6) is 0.893. The van der Waals surface area contributed by atoms with Crippen molar-refractivity contribution in [1.82, 2.24) is 9.88 Å². The van der Waals surface area contributed by atoms with Crippen molar-refractivity contribution in [2.45, 2.75) is 39.3 Å². The lowest BCUT2D eigenvalue weighted by Crippen LogP contribution is -2.37. The molecule has 4 rings (SSSR count). The minimum atomic E-state index is -0.775. The minimum Gasteiger partial charge on any atom is -0.490 e. The summed E-state index contributed by atoms with van der Waals surface area (Å²) in [6.07, 6.45) is 4.96. The molecule has 0 bridgehead atoms. The van der Waals surface area contributed by atoms with Gasteiger partial charge in [-0.15, -0.1) is 0 Å². The molecule has 7 heteroatoms. The second kappa shape index (κ2) is 9.17. The first kappa shape index (κ1) is 20.2. The van der Waals surface area contributed by atoms with Crippen LogP contribution in [0.1, 0.15) is 30.9 Å². The molecule has 1 aliphatic rings. The highest BCUT2D eigenvalue weighted by atomic mass is 16.8. The van der Waals surface area contributed by atoms with Crippen LogP contribution in [0.15, 0.2) is 47.1 Å². The fraction of sp³-hybridized carbons (Fsp3) is 0.391. The lowest BCUT2D eigenvalue weighted by Gasteiger charge is -2.32. The number of ether oxygens (including phenoxy) is 3. The maximum absolute atomic E-state index is 11.7. The van der Waals surface area contributed by atoms with E-state index in [1.54, 1.807) is 13.1 Å². The van der Waals surface area contributed by atoms with Gasteiger partial charge in [-0.1, -0.05) is 12.1 Å². The fourth-order valence-electron chi connectivity index (χ4n) is 3.78. The van der Waals surface area contributed by atoms with Gasteiger partial charge in [0.25, 0.3) is 5.95 Å². The highest BCUT2D eigenvalue weighted by Gasteiger charge is 2.24. The number of pyridine rings is 1. The van der Waals surface area contributed by atoms with Crippen LogP contribution in [0, 0.1) is 6.92 Å². The van der Waals surface area contributed by atoms with Crippen molar-refractivity contribution in [3.05, 3.63) is 53.9 Å². The molecule has 0 amide bonds. The molecular formula is C23H26N2O5. The van der Waals surface area contributed by atoms with E-state index in [1.807, 2.05) is 37.4 Å². The standard InChI is InChI=1S/C23H26N2O5/c1-3-27-23(26)30-22-16(2)21-19(7-4-8-20(21)29-22)28-18-9-12-25(13-10-18)15-17-6-5-11-24-14-17/h4-8,11,14,18H,3,9-10,12-13,15H2,1-2H3. The summed E-state index contributed by atoms with van der Waals surface area (Å²) in [6, 6.07) is 9.73. The number of furan rings is 1. The predicted octanol–water partition coefficient (Wildman–Crippen LogP) is 4.71. The van der Waals surface area contributed by atoms with Gasteiger partial charge in [0.2, 0.25) is 0 Å². The van der Waals surface area contributed by atoms with Gasteiger partial charge in [0.05, 0.1) is 12.0 Å². The maximum atomic E-state index is 11.7. The molecule has 1 aromatic carbocycles. The largest absolute Gasteiger partial charge is 0.516 e. The van der Waals surface area contributed by atoms with Crippen LogP contribution >= 0.6 is 0 Å². The highest BCUT2D eigenvalue weighted by molar-refractivity contribution is 5.89. The predicted molar refractivity (Wildman–Crippen MR) is 112 cm³/mol. The van der Waals surface area contributed by atoms with Gasteiger partial charge in [-0.25, -0.2) is 4.79 Å². The van der Waals surface area contributed by atoms with Gasteiger partial charge in [0.15, 0.2) is 0 Å². The van der Waals surface area contributed by atoms with E-state index >= 15 is 0 Å². The molecule has 1 fully saturated rings. The zero-order valence-corrected chi connectivity index (χ0v) is 17.3. The Kier molecular flexibility index (Phi) is 6.18. The second-order valence-electron chi connectivity index (χ2n) is 7.38. The number of piperidine rings is 1. The van der Waals surface area contributed by atoms with Gasteiger partial charge >= 0.3 is 6.16 Å². The second-order valence-corrected chi connectivity index (χ2v) is 7.38. The Morgan fingerprint density at radius 2 is 2.07 bits per heavy atom. The lowest BCUT2D eigenvalue weighted by molar-refractivity contribution is 0.0952. The minimum absolute atomic E-state index is 0.129. The van der Waals surface area contributed by atoms with Crippen molar-refractivity contribution in [3.8, 4) is 11.7 Å². The molecule has 1 aliphatic heterocycles. The Morgan fingerprint density at radius 3 is 2.80 bits per heavy atom. The number of rotatable bonds is 6. The van der Waals surface area contributed by atoms with E-state index in [1.165, 1.54) is 5.56 Å². The molecule has 0 spiro atoms. The Balaban J connectivity index is 1.42. The van der Waals surface area contributed by atoms with Crippen molar-refractivity contribution in [1.29, 1.82) is 0 Å². The van der Waals surface area contributed by atoms with E-state index in [0.717, 1.165) is 49.2 Å². The molecule has 3 aromatic rings. The van der Waals surface area contributed by atoms with Crippen molar-refractivity contribution in [2.75, 3.05) is 19.7 Å². The van der Waals surface area contributed by atoms with Gasteiger partial charge in [-0.05, 0) is 50.5 Å². The van der Waals surface area contributed by atoms with Crippen LogP contribution in [0.25, 0.3) is 11.0 Å². The smallest absolute Gasteiger partial charge is 0.490 e. The number of nitrogens with zero attached hydrogens (tertiary/aromatic N) is 2. The summed E-state index contributed by atoms with van der Waals surface area (Å²) >= 11 is 0. The first-order chi connectivity index (χ1) is 14.6. The summed E-state index contributed by atoms with van der Waals surface area (Å²) in [4.78, 5) is 18.3. The lowest BCUT2D eigenvalue weighted by atomic mass is 10.1. The third kappa shape index (κ3) is 4.57. The van der Waals surface area contributed by atoms with Crippen molar-refractivity contribution in [2.24, 2.45) is 0 Å². The van der Waals surface area contributed by atoms with Crippen molar-refractivity contribution < 1.29 is 23.4 Å². The third-order valence-electron chi connectivity index (χ3n) is 5.27. The average Bonchev–Trinajstić information content (AvgIpc) is 3.06. The van der Waals surface area contributed by atoms with E-state index in [9.17, 15) is 4.79 Å². The van der Waals surface area contributed by atoms with Crippen LogP contribution in [0.5, 0.6) is 11.7 Å². The van der Waals surface area contributed by atoms with E-state index in [0.29, 0.717) is 5.58 Å².